The van der Waals surface area contributed by atoms with Crippen molar-refractivity contribution in [1.82, 2.24) is 9.88 Å². The van der Waals surface area contributed by atoms with E-state index < -0.39 is 16.9 Å². The highest BCUT2D eigenvalue weighted by molar-refractivity contribution is 6.06. The van der Waals surface area contributed by atoms with Gasteiger partial charge in [-0.05, 0) is 41.8 Å². The Morgan fingerprint density at radius 3 is 2.43 bits per heavy atom. The van der Waals surface area contributed by atoms with Crippen molar-refractivity contribution in [3.63, 3.8) is 0 Å². The Labute approximate surface area is 265 Å². The maximum absolute atomic E-state index is 13.6. The highest BCUT2D eigenvalue weighted by atomic mass is 16.6. The van der Waals surface area contributed by atoms with Gasteiger partial charge in [0.1, 0.15) is 18.1 Å². The number of aromatic nitrogens is 1. The molecule has 234 valence electrons. The van der Waals surface area contributed by atoms with Crippen LogP contribution < -0.4 is 10.1 Å². The summed E-state index contributed by atoms with van der Waals surface area (Å²) >= 11 is 0. The van der Waals surface area contributed by atoms with Crippen LogP contribution >= 0.6 is 0 Å². The zero-order chi connectivity index (χ0) is 32.5. The molecule has 1 saturated heterocycles. The van der Waals surface area contributed by atoms with Gasteiger partial charge in [-0.3, -0.25) is 19.9 Å². The molecule has 0 aliphatic carbocycles. The zero-order valence-electron chi connectivity index (χ0n) is 25.5. The Morgan fingerprint density at radius 2 is 1.74 bits per heavy atom. The predicted molar refractivity (Wildman–Crippen MR) is 170 cm³/mol. The molecule has 0 unspecified atom stereocenters. The first-order chi connectivity index (χ1) is 22.2. The van der Waals surface area contributed by atoms with E-state index in [1.807, 2.05) is 75.5 Å². The second-order valence-electron chi connectivity index (χ2n) is 11.8. The SMILES string of the molecule is CC(C)[C@H]1C(=O)N2C(C(=O)OC(=O)c3ccc([N+](=O)[O-])cc3)=C(COc3cccc4c(NCc5cccnc5)cccc34)[C@H](C)[C@H]12. The van der Waals surface area contributed by atoms with Crippen molar-refractivity contribution in [3.05, 3.63) is 118 Å². The lowest BCUT2D eigenvalue weighted by Gasteiger charge is -2.47. The van der Waals surface area contributed by atoms with Gasteiger partial charge in [-0.2, -0.15) is 0 Å². The minimum Gasteiger partial charge on any atom is -0.488 e. The number of β-lactam (4-membered cyclic amide) rings is 1. The topological polar surface area (TPSA) is 141 Å². The number of amides is 1. The van der Waals surface area contributed by atoms with E-state index in [0.29, 0.717) is 17.9 Å². The molecule has 0 radical (unpaired) electrons. The number of pyridine rings is 1. The Morgan fingerprint density at radius 1 is 1.00 bits per heavy atom. The third-order valence-corrected chi connectivity index (χ3v) is 8.68. The van der Waals surface area contributed by atoms with Crippen LogP contribution in [0, 0.1) is 27.9 Å². The Bertz CT molecular complexity index is 1870. The first-order valence-corrected chi connectivity index (χ1v) is 15.0. The normalized spacial score (nSPS) is 18.7. The number of nitro groups is 1. The van der Waals surface area contributed by atoms with Crippen molar-refractivity contribution < 1.29 is 28.8 Å². The Balaban J connectivity index is 1.27. The van der Waals surface area contributed by atoms with Gasteiger partial charge in [0.25, 0.3) is 5.69 Å². The number of non-ortho nitro benzene ring substituents is 1. The minimum absolute atomic E-state index is 0.00509. The van der Waals surface area contributed by atoms with Crippen LogP contribution in [0.25, 0.3) is 10.8 Å². The van der Waals surface area contributed by atoms with E-state index >= 15 is 0 Å². The molecule has 3 heterocycles. The van der Waals surface area contributed by atoms with E-state index in [2.05, 4.69) is 10.3 Å². The summed E-state index contributed by atoms with van der Waals surface area (Å²) < 4.78 is 11.6. The number of hydrogen-bond acceptors (Lipinski definition) is 9. The summed E-state index contributed by atoms with van der Waals surface area (Å²) in [7, 11) is 0. The smallest absolute Gasteiger partial charge is 0.363 e. The Kier molecular flexibility index (Phi) is 8.23. The van der Waals surface area contributed by atoms with Gasteiger partial charge in [0.05, 0.1) is 22.4 Å². The number of fused-ring (bicyclic) bond motifs is 2. The van der Waals surface area contributed by atoms with E-state index in [-0.39, 0.29) is 53.3 Å². The molecule has 3 aromatic carbocycles. The van der Waals surface area contributed by atoms with Crippen molar-refractivity contribution >= 4 is 40.0 Å². The average Bonchev–Trinajstić information content (AvgIpc) is 3.30. The summed E-state index contributed by atoms with van der Waals surface area (Å²) in [5, 5.41) is 16.3. The molecule has 2 aliphatic rings. The molecular formula is C35H32N4O7. The molecule has 3 atom stereocenters. The summed E-state index contributed by atoms with van der Waals surface area (Å²) in [6.45, 7) is 6.46. The predicted octanol–water partition coefficient (Wildman–Crippen LogP) is 5.90. The number of carbonyl (C=O) groups excluding carboxylic acids is 3. The molecule has 0 saturated carbocycles. The van der Waals surface area contributed by atoms with Crippen LogP contribution in [0.15, 0.2) is 96.5 Å². The van der Waals surface area contributed by atoms with E-state index in [4.69, 9.17) is 9.47 Å². The highest BCUT2D eigenvalue weighted by Crippen LogP contribution is 2.49. The molecule has 0 bridgehead atoms. The zero-order valence-corrected chi connectivity index (χ0v) is 25.5. The molecule has 2 aliphatic heterocycles. The van der Waals surface area contributed by atoms with Crippen LogP contribution in [0.3, 0.4) is 0 Å². The first-order valence-electron chi connectivity index (χ1n) is 15.0. The van der Waals surface area contributed by atoms with E-state index in [1.54, 1.807) is 6.20 Å². The number of nitrogens with zero attached hydrogens (tertiary/aromatic N) is 3. The molecule has 4 aromatic rings. The number of hydrogen-bond donors (Lipinski definition) is 1. The summed E-state index contributed by atoms with van der Waals surface area (Å²) in [5.74, 6) is -2.01. The van der Waals surface area contributed by atoms with Gasteiger partial charge in [-0.15, -0.1) is 0 Å². The second-order valence-corrected chi connectivity index (χ2v) is 11.8. The molecule has 11 nitrogen and oxygen atoms in total. The van der Waals surface area contributed by atoms with Gasteiger partial charge in [-0.1, -0.05) is 51.1 Å². The highest BCUT2D eigenvalue weighted by Gasteiger charge is 2.59. The van der Waals surface area contributed by atoms with E-state index in [0.717, 1.165) is 34.2 Å². The van der Waals surface area contributed by atoms with Gasteiger partial charge in [0.2, 0.25) is 5.91 Å². The van der Waals surface area contributed by atoms with Crippen LogP contribution in [0.4, 0.5) is 11.4 Å². The van der Waals surface area contributed by atoms with Crippen molar-refractivity contribution in [2.45, 2.75) is 33.4 Å². The summed E-state index contributed by atoms with van der Waals surface area (Å²) in [6, 6.07) is 20.0. The summed E-state index contributed by atoms with van der Waals surface area (Å²) in [6.07, 6.45) is 3.54. The average molecular weight is 621 g/mol. The standard InChI is InChI=1S/C35H32N4O7/c1-20(2)30-31-21(3)27(32(38(31)33(30)40)35(42)46-34(41)23-12-14-24(15-13-23)39(43)44)19-45-29-11-5-8-25-26(29)9-4-10-28(25)37-18-22-7-6-16-36-17-22/h4-17,20-21,30-31,37H,18-19H2,1-3H3/t21-,30+,31+/m0/s1. The molecule has 1 aromatic heterocycles. The van der Waals surface area contributed by atoms with E-state index in [9.17, 15) is 24.5 Å². The molecule has 1 amide bonds. The third kappa shape index (κ3) is 5.55. The molecule has 6 rings (SSSR count). The maximum atomic E-state index is 13.6. The number of nitrogens with one attached hydrogen (secondary N) is 1. The minimum atomic E-state index is -0.975. The fourth-order valence-corrected chi connectivity index (χ4v) is 6.34. The molecule has 11 heteroatoms. The lowest BCUT2D eigenvalue weighted by molar-refractivity contribution is -0.384. The van der Waals surface area contributed by atoms with Gasteiger partial charge in [-0.25, -0.2) is 9.59 Å². The Hall–Kier alpha value is -5.58. The van der Waals surface area contributed by atoms with Gasteiger partial charge >= 0.3 is 11.9 Å². The summed E-state index contributed by atoms with van der Waals surface area (Å²) in [4.78, 5) is 55.7. The number of ether oxygens (including phenoxy) is 2. The lowest BCUT2D eigenvalue weighted by Crippen LogP contribution is -2.62. The van der Waals surface area contributed by atoms with Gasteiger partial charge in [0, 0.05) is 59.0 Å². The van der Waals surface area contributed by atoms with Crippen molar-refractivity contribution in [3.8, 4) is 5.75 Å². The molecule has 1 N–H and O–H groups in total. The number of esters is 2. The number of nitro benzene ring substituents is 1. The number of rotatable bonds is 10. The molecular weight excluding hydrogens is 588 g/mol. The van der Waals surface area contributed by atoms with Crippen LogP contribution in [-0.4, -0.2) is 45.3 Å². The van der Waals surface area contributed by atoms with Crippen LogP contribution in [0.5, 0.6) is 5.75 Å². The number of anilines is 1. The monoisotopic (exact) mass is 620 g/mol. The fourth-order valence-electron chi connectivity index (χ4n) is 6.34. The lowest BCUT2D eigenvalue weighted by atomic mass is 9.74. The van der Waals surface area contributed by atoms with Crippen LogP contribution in [0.2, 0.25) is 0 Å². The van der Waals surface area contributed by atoms with Gasteiger partial charge in [0.15, 0.2) is 0 Å². The number of benzene rings is 3. The largest absolute Gasteiger partial charge is 0.488 e. The molecule has 0 spiro atoms. The summed E-state index contributed by atoms with van der Waals surface area (Å²) in [5.41, 5.74) is 2.30. The van der Waals surface area contributed by atoms with Crippen molar-refractivity contribution in [2.75, 3.05) is 11.9 Å². The van der Waals surface area contributed by atoms with E-state index in [1.165, 1.54) is 17.0 Å². The third-order valence-electron chi connectivity index (χ3n) is 8.68. The van der Waals surface area contributed by atoms with Crippen molar-refractivity contribution in [1.29, 1.82) is 0 Å². The van der Waals surface area contributed by atoms with Crippen LogP contribution in [-0.2, 0) is 20.9 Å². The maximum Gasteiger partial charge on any atom is 0.363 e. The fraction of sp³-hybridized carbons (Fsp3) is 0.257. The second kappa shape index (κ2) is 12.4. The molecule has 1 fully saturated rings. The van der Waals surface area contributed by atoms with Gasteiger partial charge < -0.3 is 19.7 Å². The number of carbonyl (C=O) groups is 3. The van der Waals surface area contributed by atoms with Crippen molar-refractivity contribution in [2.24, 2.45) is 17.8 Å². The first kappa shape index (κ1) is 30.4. The van der Waals surface area contributed by atoms with Crippen LogP contribution in [0.1, 0.15) is 36.7 Å². The quantitative estimate of drug-likeness (QED) is 0.0754. The molecule has 46 heavy (non-hydrogen) atoms.